The SMILES string of the molecule is c1ccc2sc(-c3ccc(-c4ccc(-c5nc6ccccc6c6c5ccc5c7ccccc7oc56)cc4)cc3)nc2c1. The first-order valence-electron chi connectivity index (χ1n) is 14.0. The Morgan fingerprint density at radius 3 is 1.86 bits per heavy atom. The molecule has 9 aromatic rings. The molecule has 3 nitrogen and oxygen atoms in total. The Morgan fingerprint density at radius 1 is 0.452 bits per heavy atom. The highest BCUT2D eigenvalue weighted by Gasteiger charge is 2.17. The maximum atomic E-state index is 6.47. The van der Waals surface area contributed by atoms with Crippen LogP contribution in [0.4, 0.5) is 0 Å². The summed E-state index contributed by atoms with van der Waals surface area (Å²) in [6.45, 7) is 0. The number of nitrogens with zero attached hydrogens (tertiary/aromatic N) is 2. The lowest BCUT2D eigenvalue weighted by Gasteiger charge is -2.11. The van der Waals surface area contributed by atoms with Crippen LogP contribution in [0.25, 0.3) is 86.8 Å². The Kier molecular flexibility index (Phi) is 5.07. The summed E-state index contributed by atoms with van der Waals surface area (Å²) < 4.78 is 7.68. The van der Waals surface area contributed by atoms with Crippen molar-refractivity contribution in [2.24, 2.45) is 0 Å². The van der Waals surface area contributed by atoms with E-state index in [2.05, 4.69) is 109 Å². The zero-order valence-electron chi connectivity index (χ0n) is 22.4. The number of hydrogen-bond donors (Lipinski definition) is 0. The third kappa shape index (κ3) is 3.59. The maximum Gasteiger partial charge on any atom is 0.144 e. The van der Waals surface area contributed by atoms with Crippen LogP contribution in [0.5, 0.6) is 0 Å². The number of rotatable bonds is 3. The number of pyridine rings is 1. The average Bonchev–Trinajstić information content (AvgIpc) is 3.66. The van der Waals surface area contributed by atoms with Crippen LogP contribution in [0.3, 0.4) is 0 Å². The number of hydrogen-bond acceptors (Lipinski definition) is 4. The summed E-state index contributed by atoms with van der Waals surface area (Å²) in [7, 11) is 0. The number of thiazole rings is 1. The van der Waals surface area contributed by atoms with Crippen molar-refractivity contribution in [3.05, 3.63) is 133 Å². The van der Waals surface area contributed by atoms with Gasteiger partial charge in [0.2, 0.25) is 0 Å². The van der Waals surface area contributed by atoms with E-state index >= 15 is 0 Å². The van der Waals surface area contributed by atoms with Gasteiger partial charge in [-0.3, -0.25) is 0 Å². The van der Waals surface area contributed by atoms with E-state index in [1.165, 1.54) is 15.8 Å². The van der Waals surface area contributed by atoms with Crippen molar-refractivity contribution < 1.29 is 4.42 Å². The minimum Gasteiger partial charge on any atom is -0.455 e. The van der Waals surface area contributed by atoms with Gasteiger partial charge in [-0.2, -0.15) is 0 Å². The molecule has 0 bridgehead atoms. The van der Waals surface area contributed by atoms with E-state index in [0.717, 1.165) is 71.0 Å². The minimum absolute atomic E-state index is 0.904. The van der Waals surface area contributed by atoms with Crippen LogP contribution in [0.15, 0.2) is 138 Å². The molecule has 0 spiro atoms. The molecular weight excluding hydrogens is 532 g/mol. The molecule has 0 fully saturated rings. The zero-order chi connectivity index (χ0) is 27.6. The van der Waals surface area contributed by atoms with Gasteiger partial charge in [0.25, 0.3) is 0 Å². The van der Waals surface area contributed by atoms with Crippen LogP contribution in [-0.4, -0.2) is 9.97 Å². The first kappa shape index (κ1) is 23.4. The Hall–Kier alpha value is -5.32. The van der Waals surface area contributed by atoms with E-state index in [-0.39, 0.29) is 0 Å². The Morgan fingerprint density at radius 2 is 1.07 bits per heavy atom. The normalized spacial score (nSPS) is 11.8. The van der Waals surface area contributed by atoms with Crippen LogP contribution < -0.4 is 0 Å². The predicted octanol–water partition coefficient (Wildman–Crippen LogP) is 10.9. The van der Waals surface area contributed by atoms with Crippen molar-refractivity contribution in [2.45, 2.75) is 0 Å². The molecule has 0 radical (unpaired) electrons. The molecule has 6 aromatic carbocycles. The highest BCUT2D eigenvalue weighted by molar-refractivity contribution is 7.21. The Balaban J connectivity index is 1.14. The van der Waals surface area contributed by atoms with E-state index in [0.29, 0.717) is 0 Å². The molecule has 0 atom stereocenters. The van der Waals surface area contributed by atoms with Gasteiger partial charge in [0.15, 0.2) is 0 Å². The number of benzene rings is 6. The standard InChI is InChI=1S/C38H22N2OS/c1-3-9-31-29(8-1)35-30(22-21-28-27-7-2-5-11-33(27)41-37(28)35)36(39-31)25-17-13-23(14-18-25)24-15-19-26(20-16-24)38-40-32-10-4-6-12-34(32)42-38/h1-22H. The van der Waals surface area contributed by atoms with E-state index in [1.54, 1.807) is 11.3 Å². The summed E-state index contributed by atoms with van der Waals surface area (Å²) >= 11 is 1.73. The topological polar surface area (TPSA) is 38.9 Å². The summed E-state index contributed by atoms with van der Waals surface area (Å²) in [5, 5.41) is 6.61. The summed E-state index contributed by atoms with van der Waals surface area (Å²) in [5.41, 5.74) is 9.35. The molecule has 3 heterocycles. The van der Waals surface area contributed by atoms with Gasteiger partial charge in [0, 0.05) is 38.1 Å². The molecule has 0 aliphatic rings. The van der Waals surface area contributed by atoms with Crippen molar-refractivity contribution in [3.63, 3.8) is 0 Å². The molecule has 0 N–H and O–H groups in total. The second kappa shape index (κ2) is 9.10. The molecule has 196 valence electrons. The van der Waals surface area contributed by atoms with Gasteiger partial charge in [0.05, 0.1) is 21.4 Å². The first-order chi connectivity index (χ1) is 20.8. The molecule has 0 aliphatic carbocycles. The minimum atomic E-state index is 0.904. The van der Waals surface area contributed by atoms with Crippen molar-refractivity contribution >= 4 is 65.2 Å². The zero-order valence-corrected chi connectivity index (χ0v) is 23.2. The molecule has 9 rings (SSSR count). The molecule has 0 saturated carbocycles. The molecule has 0 amide bonds. The number of furan rings is 1. The van der Waals surface area contributed by atoms with E-state index in [1.807, 2.05) is 24.3 Å². The highest BCUT2D eigenvalue weighted by Crippen LogP contribution is 2.41. The van der Waals surface area contributed by atoms with Gasteiger partial charge >= 0.3 is 0 Å². The van der Waals surface area contributed by atoms with E-state index < -0.39 is 0 Å². The molecule has 42 heavy (non-hydrogen) atoms. The lowest BCUT2D eigenvalue weighted by Crippen LogP contribution is -1.90. The van der Waals surface area contributed by atoms with Gasteiger partial charge in [0.1, 0.15) is 16.2 Å². The van der Waals surface area contributed by atoms with Crippen LogP contribution in [0.2, 0.25) is 0 Å². The van der Waals surface area contributed by atoms with Crippen LogP contribution in [0, 0.1) is 0 Å². The fourth-order valence-corrected chi connectivity index (χ4v) is 7.03. The molecular formula is C38H22N2OS. The van der Waals surface area contributed by atoms with Crippen molar-refractivity contribution in [3.8, 4) is 33.0 Å². The van der Waals surface area contributed by atoms with Gasteiger partial charge < -0.3 is 4.42 Å². The summed E-state index contributed by atoms with van der Waals surface area (Å²) in [4.78, 5) is 9.97. The largest absolute Gasteiger partial charge is 0.455 e. The van der Waals surface area contributed by atoms with E-state index in [9.17, 15) is 0 Å². The molecule has 0 unspecified atom stereocenters. The highest BCUT2D eigenvalue weighted by atomic mass is 32.1. The third-order valence-corrected chi connectivity index (χ3v) is 9.21. The third-order valence-electron chi connectivity index (χ3n) is 8.13. The van der Waals surface area contributed by atoms with Gasteiger partial charge in [-0.05, 0) is 41.5 Å². The van der Waals surface area contributed by atoms with Gasteiger partial charge in [-0.15, -0.1) is 11.3 Å². The van der Waals surface area contributed by atoms with Crippen LogP contribution in [-0.2, 0) is 0 Å². The fourth-order valence-electron chi connectivity index (χ4n) is 6.06. The Bertz CT molecular complexity index is 2420. The van der Waals surface area contributed by atoms with Crippen molar-refractivity contribution in [2.75, 3.05) is 0 Å². The first-order valence-corrected chi connectivity index (χ1v) is 14.8. The lowest BCUT2D eigenvalue weighted by molar-refractivity contribution is 0.673. The van der Waals surface area contributed by atoms with Crippen molar-refractivity contribution in [1.82, 2.24) is 9.97 Å². The summed E-state index contributed by atoms with van der Waals surface area (Å²) in [6.07, 6.45) is 0. The van der Waals surface area contributed by atoms with Crippen LogP contribution in [0.1, 0.15) is 0 Å². The lowest BCUT2D eigenvalue weighted by atomic mass is 9.96. The smallest absolute Gasteiger partial charge is 0.144 e. The number of fused-ring (bicyclic) bond motifs is 8. The molecule has 3 aromatic heterocycles. The average molecular weight is 555 g/mol. The second-order valence-corrected chi connectivity index (χ2v) is 11.6. The van der Waals surface area contributed by atoms with Gasteiger partial charge in [-0.25, -0.2) is 9.97 Å². The predicted molar refractivity (Wildman–Crippen MR) is 176 cm³/mol. The van der Waals surface area contributed by atoms with Gasteiger partial charge in [-0.1, -0.05) is 103 Å². The van der Waals surface area contributed by atoms with Crippen LogP contribution >= 0.6 is 11.3 Å². The van der Waals surface area contributed by atoms with E-state index in [4.69, 9.17) is 14.4 Å². The molecule has 4 heteroatoms. The second-order valence-electron chi connectivity index (χ2n) is 10.6. The monoisotopic (exact) mass is 554 g/mol. The summed E-state index contributed by atoms with van der Waals surface area (Å²) in [5.74, 6) is 0. The maximum absolute atomic E-state index is 6.47. The van der Waals surface area contributed by atoms with Crippen molar-refractivity contribution in [1.29, 1.82) is 0 Å². The molecule has 0 saturated heterocycles. The quantitative estimate of drug-likeness (QED) is 0.204. The number of aromatic nitrogens is 2. The molecule has 0 aliphatic heterocycles. The summed E-state index contributed by atoms with van der Waals surface area (Å²) in [6, 6.07) is 46.7. The number of para-hydroxylation sites is 3. The Labute approximate surface area is 245 Å². The fraction of sp³-hybridized carbons (Fsp3) is 0.